The van der Waals surface area contributed by atoms with Crippen molar-refractivity contribution in [1.29, 1.82) is 0 Å². The molecule has 1 aliphatic rings. The third-order valence-electron chi connectivity index (χ3n) is 3.63. The van der Waals surface area contributed by atoms with Crippen molar-refractivity contribution in [2.75, 3.05) is 0 Å². The molecule has 0 spiro atoms. The topological polar surface area (TPSA) is 55.6 Å². The van der Waals surface area contributed by atoms with Crippen molar-refractivity contribution in [2.45, 2.75) is 77.9 Å². The highest BCUT2D eigenvalue weighted by Crippen LogP contribution is 2.18. The molecule has 2 rings (SSSR count). The molecule has 0 saturated heterocycles. The predicted molar refractivity (Wildman–Crippen MR) is 75.6 cm³/mol. The Kier molecular flexibility index (Phi) is 5.76. The molecule has 0 amide bonds. The van der Waals surface area contributed by atoms with Gasteiger partial charge in [0.15, 0.2) is 5.82 Å². The zero-order valence-corrected chi connectivity index (χ0v) is 12.3. The molecule has 1 fully saturated rings. The van der Waals surface area contributed by atoms with Gasteiger partial charge >= 0.3 is 0 Å². The van der Waals surface area contributed by atoms with E-state index in [0.717, 1.165) is 24.8 Å². The number of hydrogen-bond acceptors (Lipinski definition) is 4. The van der Waals surface area contributed by atoms with E-state index >= 15 is 0 Å². The van der Waals surface area contributed by atoms with Gasteiger partial charge in [0.25, 0.3) is 0 Å². The van der Waals surface area contributed by atoms with Crippen molar-refractivity contribution in [3.8, 4) is 0 Å². The third kappa shape index (κ3) is 5.68. The second kappa shape index (κ2) is 7.58. The molecule has 1 heterocycles. The molecule has 0 aromatic carbocycles. The van der Waals surface area contributed by atoms with Crippen molar-refractivity contribution in [3.63, 3.8) is 0 Å². The molecule has 0 aliphatic heterocycles. The molecular weight excluding hydrogens is 238 g/mol. The van der Waals surface area contributed by atoms with Gasteiger partial charge in [-0.15, -0.1) is 5.10 Å². The highest BCUT2D eigenvalue weighted by Gasteiger charge is 2.21. The first kappa shape index (κ1) is 14.4. The summed E-state index contributed by atoms with van der Waals surface area (Å²) in [4.78, 5) is 0. The number of rotatable bonds is 10. The molecule has 1 aliphatic carbocycles. The quantitative estimate of drug-likeness (QED) is 0.660. The SMILES string of the molecule is CC(C)CCCCCCn1nnnc1CNC1CC1. The van der Waals surface area contributed by atoms with Gasteiger partial charge in [-0.2, -0.15) is 0 Å². The summed E-state index contributed by atoms with van der Waals surface area (Å²) in [6.07, 6.45) is 9.09. The molecule has 0 radical (unpaired) electrons. The predicted octanol–water partition coefficient (Wildman–Crippen LogP) is 2.53. The van der Waals surface area contributed by atoms with E-state index in [1.165, 1.54) is 44.9 Å². The molecule has 19 heavy (non-hydrogen) atoms. The molecular formula is C14H27N5. The summed E-state index contributed by atoms with van der Waals surface area (Å²) in [5.74, 6) is 1.81. The summed E-state index contributed by atoms with van der Waals surface area (Å²) in [7, 11) is 0. The van der Waals surface area contributed by atoms with Gasteiger partial charge in [-0.3, -0.25) is 0 Å². The molecule has 1 saturated carbocycles. The van der Waals surface area contributed by atoms with Gasteiger partial charge in [0, 0.05) is 12.6 Å². The first-order chi connectivity index (χ1) is 9.25. The summed E-state index contributed by atoms with van der Waals surface area (Å²) in [5.41, 5.74) is 0. The highest BCUT2D eigenvalue weighted by atomic mass is 15.5. The van der Waals surface area contributed by atoms with E-state index in [1.54, 1.807) is 0 Å². The monoisotopic (exact) mass is 265 g/mol. The van der Waals surface area contributed by atoms with Crippen molar-refractivity contribution in [2.24, 2.45) is 5.92 Å². The van der Waals surface area contributed by atoms with Crippen LogP contribution in [0, 0.1) is 5.92 Å². The summed E-state index contributed by atoms with van der Waals surface area (Å²) in [5, 5.41) is 15.4. The van der Waals surface area contributed by atoms with Crippen LogP contribution in [0.1, 0.15) is 64.6 Å². The fraction of sp³-hybridized carbons (Fsp3) is 0.929. The Balaban J connectivity index is 1.58. The Morgan fingerprint density at radius 2 is 2.00 bits per heavy atom. The Labute approximate surface area is 116 Å². The van der Waals surface area contributed by atoms with Crippen molar-refractivity contribution in [3.05, 3.63) is 5.82 Å². The molecule has 0 unspecified atom stereocenters. The maximum absolute atomic E-state index is 4.09. The van der Waals surface area contributed by atoms with Crippen LogP contribution in [0.3, 0.4) is 0 Å². The number of nitrogens with one attached hydrogen (secondary N) is 1. The summed E-state index contributed by atoms with van der Waals surface area (Å²) in [6.45, 7) is 6.35. The zero-order chi connectivity index (χ0) is 13.5. The fourth-order valence-electron chi connectivity index (χ4n) is 2.21. The third-order valence-corrected chi connectivity index (χ3v) is 3.63. The maximum Gasteiger partial charge on any atom is 0.165 e. The number of unbranched alkanes of at least 4 members (excludes halogenated alkanes) is 3. The first-order valence-corrected chi connectivity index (χ1v) is 7.74. The van der Waals surface area contributed by atoms with Crippen LogP contribution < -0.4 is 5.32 Å². The second-order valence-electron chi connectivity index (χ2n) is 6.07. The molecule has 0 bridgehead atoms. The highest BCUT2D eigenvalue weighted by molar-refractivity contribution is 4.86. The number of aromatic nitrogens is 4. The number of tetrazole rings is 1. The van der Waals surface area contributed by atoms with Gasteiger partial charge in [-0.1, -0.05) is 39.5 Å². The molecule has 1 aromatic heterocycles. The largest absolute Gasteiger partial charge is 0.307 e. The Hall–Kier alpha value is -0.970. The fourth-order valence-corrected chi connectivity index (χ4v) is 2.21. The van der Waals surface area contributed by atoms with Gasteiger partial charge in [-0.05, 0) is 35.6 Å². The van der Waals surface area contributed by atoms with Gasteiger partial charge in [0.2, 0.25) is 0 Å². The van der Waals surface area contributed by atoms with Gasteiger partial charge in [0.1, 0.15) is 0 Å². The molecule has 108 valence electrons. The van der Waals surface area contributed by atoms with E-state index in [0.29, 0.717) is 6.04 Å². The average molecular weight is 265 g/mol. The van der Waals surface area contributed by atoms with E-state index in [1.807, 2.05) is 4.68 Å². The lowest BCUT2D eigenvalue weighted by atomic mass is 10.0. The van der Waals surface area contributed by atoms with Crippen molar-refractivity contribution < 1.29 is 0 Å². The standard InChI is InChI=1S/C14H27N5/c1-12(2)7-5-3-4-6-10-19-14(16-17-18-19)11-15-13-8-9-13/h12-13,15H,3-11H2,1-2H3. The van der Waals surface area contributed by atoms with Gasteiger partial charge in [0.05, 0.1) is 6.54 Å². The van der Waals surface area contributed by atoms with Crippen LogP contribution in [-0.4, -0.2) is 26.2 Å². The van der Waals surface area contributed by atoms with Crippen molar-refractivity contribution >= 4 is 0 Å². The molecule has 5 nitrogen and oxygen atoms in total. The van der Waals surface area contributed by atoms with Crippen LogP contribution in [0.5, 0.6) is 0 Å². The van der Waals surface area contributed by atoms with Gasteiger partial charge < -0.3 is 5.32 Å². The Morgan fingerprint density at radius 3 is 2.74 bits per heavy atom. The normalized spacial score (nSPS) is 15.3. The van der Waals surface area contributed by atoms with Crippen LogP contribution in [0.25, 0.3) is 0 Å². The summed E-state index contributed by atoms with van der Waals surface area (Å²) < 4.78 is 1.96. The van der Waals surface area contributed by atoms with E-state index in [4.69, 9.17) is 0 Å². The van der Waals surface area contributed by atoms with Crippen LogP contribution in [0.15, 0.2) is 0 Å². The van der Waals surface area contributed by atoms with Gasteiger partial charge in [-0.25, -0.2) is 4.68 Å². The number of hydrogen-bond donors (Lipinski definition) is 1. The first-order valence-electron chi connectivity index (χ1n) is 7.74. The lowest BCUT2D eigenvalue weighted by Gasteiger charge is -2.06. The minimum Gasteiger partial charge on any atom is -0.307 e. The maximum atomic E-state index is 4.09. The minimum absolute atomic E-state index is 0.709. The van der Waals surface area contributed by atoms with E-state index in [-0.39, 0.29) is 0 Å². The van der Waals surface area contributed by atoms with Crippen LogP contribution >= 0.6 is 0 Å². The molecule has 0 atom stereocenters. The average Bonchev–Trinajstić information content (AvgIpc) is 3.10. The number of aryl methyl sites for hydroxylation is 1. The Morgan fingerprint density at radius 1 is 1.21 bits per heavy atom. The van der Waals surface area contributed by atoms with E-state index in [2.05, 4.69) is 34.7 Å². The molecule has 1 aromatic rings. The van der Waals surface area contributed by atoms with E-state index < -0.39 is 0 Å². The minimum atomic E-state index is 0.709. The van der Waals surface area contributed by atoms with Crippen LogP contribution in [0.4, 0.5) is 0 Å². The summed E-state index contributed by atoms with van der Waals surface area (Å²) >= 11 is 0. The zero-order valence-electron chi connectivity index (χ0n) is 12.3. The Bertz CT molecular complexity index is 356. The molecule has 1 N–H and O–H groups in total. The van der Waals surface area contributed by atoms with Crippen LogP contribution in [0.2, 0.25) is 0 Å². The van der Waals surface area contributed by atoms with Crippen LogP contribution in [-0.2, 0) is 13.1 Å². The van der Waals surface area contributed by atoms with Crippen molar-refractivity contribution in [1.82, 2.24) is 25.5 Å². The molecule has 5 heteroatoms. The lowest BCUT2D eigenvalue weighted by Crippen LogP contribution is -2.19. The van der Waals surface area contributed by atoms with E-state index in [9.17, 15) is 0 Å². The number of nitrogens with zero attached hydrogens (tertiary/aromatic N) is 4. The second-order valence-corrected chi connectivity index (χ2v) is 6.07. The smallest absolute Gasteiger partial charge is 0.165 e. The lowest BCUT2D eigenvalue weighted by molar-refractivity contribution is 0.476. The summed E-state index contributed by atoms with van der Waals surface area (Å²) in [6, 6.07) is 0.709.